The third kappa shape index (κ3) is 5.25. The molecule has 32 heavy (non-hydrogen) atoms. The van der Waals surface area contributed by atoms with E-state index in [4.69, 9.17) is 0 Å². The zero-order valence-electron chi connectivity index (χ0n) is 17.0. The topological polar surface area (TPSA) is 61.8 Å². The van der Waals surface area contributed by atoms with Crippen LogP contribution in [0.15, 0.2) is 124 Å². The fourth-order valence-corrected chi connectivity index (χ4v) is 4.20. The van der Waals surface area contributed by atoms with Gasteiger partial charge in [-0.25, -0.2) is 4.83 Å². The smallest absolute Gasteiger partial charge is 0.276 e. The molecule has 1 N–H and O–H groups in total. The van der Waals surface area contributed by atoms with Crippen molar-refractivity contribution >= 4 is 49.2 Å². The summed E-state index contributed by atoms with van der Waals surface area (Å²) in [5.41, 5.74) is 3.84. The molecule has 4 aromatic rings. The quantitative estimate of drug-likeness (QED) is 0.239. The van der Waals surface area contributed by atoms with Crippen LogP contribution in [0.1, 0.15) is 5.56 Å². The molecular formula is C25H20BrN3O2S. The van der Waals surface area contributed by atoms with Crippen molar-refractivity contribution in [1.82, 2.24) is 4.83 Å². The Morgan fingerprint density at radius 1 is 0.688 bits per heavy atom. The molecule has 0 aliphatic rings. The van der Waals surface area contributed by atoms with Gasteiger partial charge >= 0.3 is 0 Å². The molecule has 0 aliphatic carbocycles. The first kappa shape index (κ1) is 21.8. The van der Waals surface area contributed by atoms with Crippen molar-refractivity contribution in [2.75, 3.05) is 4.90 Å². The number of hydrogen-bond donors (Lipinski definition) is 1. The number of halogens is 1. The fraction of sp³-hybridized carbons (Fsp3) is 0. The van der Waals surface area contributed by atoms with Gasteiger partial charge in [0.15, 0.2) is 0 Å². The third-order valence-corrected chi connectivity index (χ3v) is 6.46. The van der Waals surface area contributed by atoms with Gasteiger partial charge in [-0.05, 0) is 66.2 Å². The second-order valence-electron chi connectivity index (χ2n) is 6.90. The van der Waals surface area contributed by atoms with Crippen molar-refractivity contribution in [3.8, 4) is 0 Å². The average molecular weight is 506 g/mol. The number of hydrazone groups is 1. The molecule has 0 saturated heterocycles. The van der Waals surface area contributed by atoms with E-state index in [-0.39, 0.29) is 4.90 Å². The highest BCUT2D eigenvalue weighted by Gasteiger charge is 2.13. The number of para-hydroxylation sites is 2. The number of nitrogens with zero attached hydrogens (tertiary/aromatic N) is 2. The Kier molecular flexibility index (Phi) is 6.68. The van der Waals surface area contributed by atoms with Gasteiger partial charge in [0.2, 0.25) is 0 Å². The molecule has 0 bridgehead atoms. The predicted octanol–water partition coefficient (Wildman–Crippen LogP) is 6.23. The third-order valence-electron chi connectivity index (χ3n) is 4.69. The molecule has 0 amide bonds. The van der Waals surface area contributed by atoms with Gasteiger partial charge in [-0.2, -0.15) is 13.5 Å². The Balaban J connectivity index is 1.53. The molecule has 160 valence electrons. The zero-order chi connectivity index (χ0) is 22.4. The van der Waals surface area contributed by atoms with Crippen LogP contribution >= 0.6 is 15.9 Å². The van der Waals surface area contributed by atoms with Crippen LogP contribution in [0.25, 0.3) is 0 Å². The summed E-state index contributed by atoms with van der Waals surface area (Å²) in [5.74, 6) is 0. The van der Waals surface area contributed by atoms with Crippen molar-refractivity contribution in [3.05, 3.63) is 119 Å². The van der Waals surface area contributed by atoms with E-state index < -0.39 is 10.0 Å². The van der Waals surface area contributed by atoms with Gasteiger partial charge in [0.05, 0.1) is 11.1 Å². The van der Waals surface area contributed by atoms with Crippen LogP contribution < -0.4 is 9.73 Å². The molecule has 0 fully saturated rings. The van der Waals surface area contributed by atoms with Crippen molar-refractivity contribution in [1.29, 1.82) is 0 Å². The van der Waals surface area contributed by atoms with Gasteiger partial charge in [0.1, 0.15) is 0 Å². The lowest BCUT2D eigenvalue weighted by atomic mass is 10.1. The fourth-order valence-electron chi connectivity index (χ4n) is 3.15. The molecule has 0 unspecified atom stereocenters. The van der Waals surface area contributed by atoms with Crippen LogP contribution in [0.3, 0.4) is 0 Å². The van der Waals surface area contributed by atoms with E-state index >= 15 is 0 Å². The predicted molar refractivity (Wildman–Crippen MR) is 133 cm³/mol. The van der Waals surface area contributed by atoms with Gasteiger partial charge in [0.25, 0.3) is 10.0 Å². The molecule has 0 radical (unpaired) electrons. The van der Waals surface area contributed by atoms with Crippen LogP contribution in [0, 0.1) is 0 Å². The lowest BCUT2D eigenvalue weighted by Gasteiger charge is -2.25. The van der Waals surface area contributed by atoms with Crippen molar-refractivity contribution < 1.29 is 8.42 Å². The Morgan fingerprint density at radius 2 is 1.19 bits per heavy atom. The minimum absolute atomic E-state index is 0.148. The number of benzene rings is 4. The Hall–Kier alpha value is -3.42. The van der Waals surface area contributed by atoms with E-state index in [9.17, 15) is 8.42 Å². The monoisotopic (exact) mass is 505 g/mol. The molecule has 7 heteroatoms. The summed E-state index contributed by atoms with van der Waals surface area (Å²) < 4.78 is 25.5. The van der Waals surface area contributed by atoms with E-state index in [1.54, 1.807) is 12.1 Å². The molecule has 0 heterocycles. The maximum Gasteiger partial charge on any atom is 0.276 e. The first-order valence-corrected chi connectivity index (χ1v) is 12.1. The van der Waals surface area contributed by atoms with Gasteiger partial charge in [-0.15, -0.1) is 0 Å². The lowest BCUT2D eigenvalue weighted by Crippen LogP contribution is -2.18. The molecule has 4 aromatic carbocycles. The molecule has 0 aliphatic heterocycles. The summed E-state index contributed by atoms with van der Waals surface area (Å²) in [6, 6.07) is 34.3. The number of nitrogens with one attached hydrogen (secondary N) is 1. The van der Waals surface area contributed by atoms with Gasteiger partial charge < -0.3 is 4.90 Å². The Labute approximate surface area is 196 Å². The maximum atomic E-state index is 12.3. The minimum atomic E-state index is -3.72. The minimum Gasteiger partial charge on any atom is -0.311 e. The summed E-state index contributed by atoms with van der Waals surface area (Å²) in [6.45, 7) is 0. The van der Waals surface area contributed by atoms with Crippen LogP contribution in [0.4, 0.5) is 17.1 Å². The van der Waals surface area contributed by atoms with E-state index in [0.29, 0.717) is 0 Å². The summed E-state index contributed by atoms with van der Waals surface area (Å²) >= 11 is 3.29. The standard InChI is InChI=1S/C25H20BrN3O2S/c26-21-13-17-25(18-14-21)32(30,31)28-27-19-20-11-15-24(16-12-20)29(22-7-3-1-4-8-22)23-9-5-2-6-10-23/h1-19,28H. The van der Waals surface area contributed by atoms with E-state index in [0.717, 1.165) is 27.1 Å². The van der Waals surface area contributed by atoms with Crippen molar-refractivity contribution in [2.24, 2.45) is 5.10 Å². The summed E-state index contributed by atoms with van der Waals surface area (Å²) in [6.07, 6.45) is 1.48. The van der Waals surface area contributed by atoms with Gasteiger partial charge in [-0.3, -0.25) is 0 Å². The Morgan fingerprint density at radius 3 is 1.72 bits per heavy atom. The van der Waals surface area contributed by atoms with Gasteiger partial charge in [-0.1, -0.05) is 64.5 Å². The first-order chi connectivity index (χ1) is 15.5. The summed E-state index contributed by atoms with van der Waals surface area (Å²) in [4.78, 5) is 4.55. The second-order valence-corrected chi connectivity index (χ2v) is 9.48. The van der Waals surface area contributed by atoms with Crippen LogP contribution in [-0.4, -0.2) is 14.6 Å². The van der Waals surface area contributed by atoms with Crippen LogP contribution in [0.5, 0.6) is 0 Å². The summed E-state index contributed by atoms with van der Waals surface area (Å²) in [7, 11) is -3.72. The molecular weight excluding hydrogens is 486 g/mol. The highest BCUT2D eigenvalue weighted by molar-refractivity contribution is 9.10. The maximum absolute atomic E-state index is 12.3. The number of sulfonamides is 1. The second kappa shape index (κ2) is 9.80. The molecule has 5 nitrogen and oxygen atoms in total. The van der Waals surface area contributed by atoms with E-state index in [1.807, 2.05) is 60.7 Å². The van der Waals surface area contributed by atoms with E-state index in [2.05, 4.69) is 55.0 Å². The summed E-state index contributed by atoms with van der Waals surface area (Å²) in [5, 5.41) is 3.91. The largest absolute Gasteiger partial charge is 0.311 e. The Bertz CT molecular complexity index is 1250. The highest BCUT2D eigenvalue weighted by Crippen LogP contribution is 2.33. The zero-order valence-corrected chi connectivity index (χ0v) is 19.4. The van der Waals surface area contributed by atoms with E-state index in [1.165, 1.54) is 18.3 Å². The van der Waals surface area contributed by atoms with Gasteiger partial charge in [0, 0.05) is 21.5 Å². The highest BCUT2D eigenvalue weighted by atomic mass is 79.9. The van der Waals surface area contributed by atoms with Crippen LogP contribution in [0.2, 0.25) is 0 Å². The normalized spacial score (nSPS) is 11.4. The molecule has 0 aromatic heterocycles. The van der Waals surface area contributed by atoms with Crippen molar-refractivity contribution in [2.45, 2.75) is 4.90 Å². The van der Waals surface area contributed by atoms with Crippen molar-refractivity contribution in [3.63, 3.8) is 0 Å². The molecule has 4 rings (SSSR count). The SMILES string of the molecule is O=S(=O)(NN=Cc1ccc(N(c2ccccc2)c2ccccc2)cc1)c1ccc(Br)cc1. The lowest BCUT2D eigenvalue weighted by molar-refractivity contribution is 0.584. The molecule has 0 saturated carbocycles. The first-order valence-electron chi connectivity index (χ1n) is 9.84. The number of rotatable bonds is 7. The number of hydrogen-bond acceptors (Lipinski definition) is 4. The average Bonchev–Trinajstić information content (AvgIpc) is 2.82. The molecule has 0 atom stereocenters. The molecule has 0 spiro atoms. The number of anilines is 3. The van der Waals surface area contributed by atoms with Crippen LogP contribution in [-0.2, 0) is 10.0 Å².